The molecule has 0 spiro atoms. The van der Waals surface area contributed by atoms with Crippen LogP contribution in [0.4, 0.5) is 19.0 Å². The maximum absolute atomic E-state index is 11.8. The molecule has 0 bridgehead atoms. The lowest BCUT2D eigenvalue weighted by molar-refractivity contribution is -0.115. The third kappa shape index (κ3) is 2.90. The average molecular weight is 202 g/mol. The maximum atomic E-state index is 11.8. The van der Waals surface area contributed by atoms with Gasteiger partial charge in [-0.1, -0.05) is 0 Å². The van der Waals surface area contributed by atoms with Crippen molar-refractivity contribution in [1.82, 2.24) is 10.2 Å². The zero-order valence-corrected chi connectivity index (χ0v) is 6.84. The van der Waals surface area contributed by atoms with Crippen molar-refractivity contribution in [2.75, 3.05) is 11.9 Å². The first-order valence-corrected chi connectivity index (χ1v) is 3.55. The van der Waals surface area contributed by atoms with Gasteiger partial charge in [-0.25, -0.2) is 0 Å². The van der Waals surface area contributed by atoms with Gasteiger partial charge in [0.1, 0.15) is 12.6 Å². The molecule has 1 rings (SSSR count). The first-order chi connectivity index (χ1) is 6.53. The second kappa shape index (κ2) is 3.91. The van der Waals surface area contributed by atoms with Gasteiger partial charge in [0.2, 0.25) is 0 Å². The normalized spacial score (nSPS) is 10.7. The van der Waals surface area contributed by atoms with E-state index < -0.39 is 12.7 Å². The van der Waals surface area contributed by atoms with Crippen LogP contribution < -0.4 is 5.32 Å². The molecule has 14 heavy (non-hydrogen) atoms. The number of nitrogens with one attached hydrogen (secondary N) is 1. The van der Waals surface area contributed by atoms with Crippen LogP contribution in [0, 0.1) is 11.3 Å². The summed E-state index contributed by atoms with van der Waals surface area (Å²) in [5, 5.41) is 17.2. The number of nitriles is 1. The summed E-state index contributed by atoms with van der Waals surface area (Å²) in [5.74, 6) is -0.160. The number of aromatic nitrogens is 2. The standard InChI is InChI=1S/C7H5F3N4/c8-7(9,10)4-12-6-5(3-11)1-2-13-14-6/h1-2H,4H2,(H,12,14). The molecule has 7 heteroatoms. The summed E-state index contributed by atoms with van der Waals surface area (Å²) in [6, 6.07) is 2.98. The van der Waals surface area contributed by atoms with E-state index in [0.717, 1.165) is 0 Å². The molecular formula is C7H5F3N4. The Bertz CT molecular complexity index is 355. The highest BCUT2D eigenvalue weighted by atomic mass is 19.4. The van der Waals surface area contributed by atoms with E-state index in [4.69, 9.17) is 5.26 Å². The van der Waals surface area contributed by atoms with Crippen LogP contribution in [0.5, 0.6) is 0 Å². The van der Waals surface area contributed by atoms with Crippen molar-refractivity contribution >= 4 is 5.82 Å². The smallest absolute Gasteiger partial charge is 0.359 e. The topological polar surface area (TPSA) is 61.6 Å². The highest BCUT2D eigenvalue weighted by Gasteiger charge is 2.27. The van der Waals surface area contributed by atoms with Crippen LogP contribution in [-0.2, 0) is 0 Å². The van der Waals surface area contributed by atoms with Gasteiger partial charge < -0.3 is 5.32 Å². The lowest BCUT2D eigenvalue weighted by Gasteiger charge is -2.08. The van der Waals surface area contributed by atoms with Gasteiger partial charge in [0.15, 0.2) is 5.82 Å². The van der Waals surface area contributed by atoms with Crippen molar-refractivity contribution in [2.45, 2.75) is 6.18 Å². The third-order valence-corrected chi connectivity index (χ3v) is 1.30. The predicted octanol–water partition coefficient (Wildman–Crippen LogP) is 1.32. The number of anilines is 1. The Hall–Kier alpha value is -1.84. The first kappa shape index (κ1) is 10.2. The number of hydrogen-bond acceptors (Lipinski definition) is 4. The summed E-state index contributed by atoms with van der Waals surface area (Å²) in [6.45, 7) is -1.24. The molecule has 0 aliphatic heterocycles. The monoisotopic (exact) mass is 202 g/mol. The Kier molecular flexibility index (Phi) is 2.86. The molecule has 1 heterocycles. The molecule has 0 aliphatic carbocycles. The predicted molar refractivity (Wildman–Crippen MR) is 41.3 cm³/mol. The van der Waals surface area contributed by atoms with Crippen molar-refractivity contribution in [3.63, 3.8) is 0 Å². The summed E-state index contributed by atoms with van der Waals surface area (Å²) in [4.78, 5) is 0. The zero-order valence-electron chi connectivity index (χ0n) is 6.84. The zero-order chi connectivity index (χ0) is 10.6. The maximum Gasteiger partial charge on any atom is 0.405 e. The van der Waals surface area contributed by atoms with Crippen LogP contribution >= 0.6 is 0 Å². The minimum atomic E-state index is -4.34. The van der Waals surface area contributed by atoms with Gasteiger partial charge in [-0.2, -0.15) is 23.5 Å². The molecule has 0 aliphatic rings. The van der Waals surface area contributed by atoms with Crippen molar-refractivity contribution in [2.24, 2.45) is 0 Å². The second-order valence-corrected chi connectivity index (χ2v) is 2.37. The van der Waals surface area contributed by atoms with Gasteiger partial charge in [0.25, 0.3) is 0 Å². The lowest BCUT2D eigenvalue weighted by Crippen LogP contribution is -2.22. The summed E-state index contributed by atoms with van der Waals surface area (Å²) in [7, 11) is 0. The number of hydrogen-bond donors (Lipinski definition) is 1. The quantitative estimate of drug-likeness (QED) is 0.785. The number of alkyl halides is 3. The molecular weight excluding hydrogens is 197 g/mol. The molecule has 0 saturated heterocycles. The van der Waals surface area contributed by atoms with E-state index in [-0.39, 0.29) is 11.4 Å². The molecule has 0 fully saturated rings. The Morgan fingerprint density at radius 3 is 2.79 bits per heavy atom. The summed E-state index contributed by atoms with van der Waals surface area (Å²) in [5.41, 5.74) is 0.0317. The van der Waals surface area contributed by atoms with Crippen LogP contribution in [0.2, 0.25) is 0 Å². The number of halogens is 3. The number of nitrogens with zero attached hydrogens (tertiary/aromatic N) is 3. The van der Waals surface area contributed by atoms with Crippen LogP contribution in [0.1, 0.15) is 5.56 Å². The molecule has 0 saturated carbocycles. The summed E-state index contributed by atoms with van der Waals surface area (Å²) < 4.78 is 35.4. The van der Waals surface area contributed by atoms with Gasteiger partial charge >= 0.3 is 6.18 Å². The van der Waals surface area contributed by atoms with E-state index in [1.165, 1.54) is 12.3 Å². The molecule has 1 N–H and O–H groups in total. The summed E-state index contributed by atoms with van der Waals surface area (Å²) in [6.07, 6.45) is -3.11. The lowest BCUT2D eigenvalue weighted by atomic mass is 10.3. The molecule has 0 radical (unpaired) electrons. The molecule has 0 aromatic carbocycles. The molecule has 1 aromatic rings. The molecule has 4 nitrogen and oxygen atoms in total. The van der Waals surface area contributed by atoms with E-state index in [1.54, 1.807) is 6.07 Å². The largest absolute Gasteiger partial charge is 0.405 e. The van der Waals surface area contributed by atoms with Gasteiger partial charge in [-0.05, 0) is 6.07 Å². The van der Waals surface area contributed by atoms with Gasteiger partial charge in [-0.15, -0.1) is 5.10 Å². The Morgan fingerprint density at radius 2 is 2.21 bits per heavy atom. The fourth-order valence-electron chi connectivity index (χ4n) is 0.736. The molecule has 1 aromatic heterocycles. The second-order valence-electron chi connectivity index (χ2n) is 2.37. The Morgan fingerprint density at radius 1 is 1.50 bits per heavy atom. The highest BCUT2D eigenvalue weighted by Crippen LogP contribution is 2.16. The van der Waals surface area contributed by atoms with E-state index in [1.807, 2.05) is 5.32 Å². The first-order valence-electron chi connectivity index (χ1n) is 3.55. The molecule has 0 unspecified atom stereocenters. The minimum Gasteiger partial charge on any atom is -0.359 e. The van der Waals surface area contributed by atoms with Crippen LogP contribution in [0.15, 0.2) is 12.3 Å². The van der Waals surface area contributed by atoms with E-state index >= 15 is 0 Å². The average Bonchev–Trinajstić information content (AvgIpc) is 2.14. The Labute approximate surface area is 77.4 Å². The van der Waals surface area contributed by atoms with Crippen molar-refractivity contribution in [1.29, 1.82) is 5.26 Å². The fourth-order valence-corrected chi connectivity index (χ4v) is 0.736. The Balaban J connectivity index is 2.73. The summed E-state index contributed by atoms with van der Waals surface area (Å²) >= 11 is 0. The van der Waals surface area contributed by atoms with Gasteiger partial charge in [0, 0.05) is 0 Å². The van der Waals surface area contributed by atoms with E-state index in [0.29, 0.717) is 0 Å². The molecule has 74 valence electrons. The highest BCUT2D eigenvalue weighted by molar-refractivity contribution is 5.50. The van der Waals surface area contributed by atoms with Crippen molar-refractivity contribution < 1.29 is 13.2 Å². The van der Waals surface area contributed by atoms with Crippen molar-refractivity contribution in [3.8, 4) is 6.07 Å². The van der Waals surface area contributed by atoms with Crippen LogP contribution in [0.25, 0.3) is 0 Å². The molecule has 0 atom stereocenters. The minimum absolute atomic E-state index is 0.0317. The van der Waals surface area contributed by atoms with Crippen LogP contribution in [0.3, 0.4) is 0 Å². The fraction of sp³-hybridized carbons (Fsp3) is 0.286. The molecule has 0 amide bonds. The third-order valence-electron chi connectivity index (χ3n) is 1.30. The van der Waals surface area contributed by atoms with Gasteiger partial charge in [-0.3, -0.25) is 0 Å². The number of rotatable bonds is 2. The van der Waals surface area contributed by atoms with Crippen molar-refractivity contribution in [3.05, 3.63) is 17.8 Å². The van der Waals surface area contributed by atoms with E-state index in [9.17, 15) is 13.2 Å². The van der Waals surface area contributed by atoms with Gasteiger partial charge in [0.05, 0.1) is 11.8 Å². The van der Waals surface area contributed by atoms with Crippen LogP contribution in [-0.4, -0.2) is 22.9 Å². The van der Waals surface area contributed by atoms with E-state index in [2.05, 4.69) is 10.2 Å². The SMILES string of the molecule is N#Cc1ccnnc1NCC(F)(F)F.